The van der Waals surface area contributed by atoms with E-state index < -0.39 is 5.60 Å². The number of aliphatic hydroxyl groups is 1. The maximum atomic E-state index is 12.6. The molecule has 4 heteroatoms. The van der Waals surface area contributed by atoms with Gasteiger partial charge in [-0.2, -0.15) is 0 Å². The molecule has 0 unspecified atom stereocenters. The van der Waals surface area contributed by atoms with Crippen molar-refractivity contribution in [3.63, 3.8) is 0 Å². The molecule has 1 aromatic rings. The van der Waals surface area contributed by atoms with Crippen molar-refractivity contribution >= 4 is 5.91 Å². The van der Waals surface area contributed by atoms with Crippen molar-refractivity contribution in [3.8, 4) is 0 Å². The molecule has 1 heterocycles. The molecular formula is C19H27NO3. The molecule has 23 heavy (non-hydrogen) atoms. The Morgan fingerprint density at radius 2 is 2.09 bits per heavy atom. The van der Waals surface area contributed by atoms with Gasteiger partial charge in [0.15, 0.2) is 0 Å². The second kappa shape index (κ2) is 5.91. The minimum absolute atomic E-state index is 0.0632. The van der Waals surface area contributed by atoms with Crippen molar-refractivity contribution in [2.45, 2.75) is 57.8 Å². The monoisotopic (exact) mass is 317 g/mol. The Bertz CT molecular complexity index is 567. The standard InChI is InChI=1S/C19H27NO3/c1-18(2)15(14-10-12-23-16(14)18)20-17(21)19(3,22)11-9-13-7-5-4-6-8-13/h4-8,14-16,22H,9-12H2,1-3H3,(H,20,21)/t14-,15+,16-,19-/m0/s1. The van der Waals surface area contributed by atoms with E-state index in [-0.39, 0.29) is 23.5 Å². The highest BCUT2D eigenvalue weighted by Crippen LogP contribution is 2.52. The molecule has 0 radical (unpaired) electrons. The Morgan fingerprint density at radius 3 is 2.78 bits per heavy atom. The minimum Gasteiger partial charge on any atom is -0.380 e. The number of ether oxygens (including phenoxy) is 1. The molecule has 1 aliphatic heterocycles. The third-order valence-corrected chi connectivity index (χ3v) is 5.62. The maximum absolute atomic E-state index is 12.6. The molecule has 1 aliphatic carbocycles. The summed E-state index contributed by atoms with van der Waals surface area (Å²) >= 11 is 0. The van der Waals surface area contributed by atoms with Crippen molar-refractivity contribution < 1.29 is 14.6 Å². The second-order valence-electron chi connectivity index (χ2n) is 7.78. The van der Waals surface area contributed by atoms with Gasteiger partial charge >= 0.3 is 0 Å². The molecule has 1 aromatic carbocycles. The first-order valence-electron chi connectivity index (χ1n) is 8.51. The van der Waals surface area contributed by atoms with Crippen LogP contribution in [0.5, 0.6) is 0 Å². The molecule has 0 bridgehead atoms. The van der Waals surface area contributed by atoms with Gasteiger partial charge in [0.25, 0.3) is 5.91 Å². The molecule has 1 saturated carbocycles. The van der Waals surface area contributed by atoms with Crippen molar-refractivity contribution in [3.05, 3.63) is 35.9 Å². The predicted octanol–water partition coefficient (Wildman–Crippen LogP) is 2.30. The maximum Gasteiger partial charge on any atom is 0.251 e. The van der Waals surface area contributed by atoms with E-state index in [1.54, 1.807) is 6.92 Å². The number of carbonyl (C=O) groups is 1. The first-order valence-corrected chi connectivity index (χ1v) is 8.51. The summed E-state index contributed by atoms with van der Waals surface area (Å²) in [6.07, 6.45) is 2.33. The minimum atomic E-state index is -1.35. The molecule has 4 atom stereocenters. The highest BCUT2D eigenvalue weighted by Gasteiger charge is 2.60. The van der Waals surface area contributed by atoms with Crippen LogP contribution in [-0.4, -0.2) is 35.4 Å². The summed E-state index contributed by atoms with van der Waals surface area (Å²) in [5.41, 5.74) is -0.281. The fourth-order valence-electron chi connectivity index (χ4n) is 4.06. The number of rotatable bonds is 5. The summed E-state index contributed by atoms with van der Waals surface area (Å²) in [5.74, 6) is 0.121. The largest absolute Gasteiger partial charge is 0.380 e. The normalized spacial score (nSPS) is 30.9. The van der Waals surface area contributed by atoms with E-state index in [1.165, 1.54) is 0 Å². The molecular weight excluding hydrogens is 290 g/mol. The molecule has 2 aliphatic rings. The van der Waals surface area contributed by atoms with Crippen LogP contribution < -0.4 is 5.32 Å². The number of nitrogens with one attached hydrogen (secondary N) is 1. The van der Waals surface area contributed by atoms with E-state index in [0.29, 0.717) is 18.8 Å². The lowest BCUT2D eigenvalue weighted by atomic mass is 9.57. The average molecular weight is 317 g/mol. The Morgan fingerprint density at radius 1 is 1.39 bits per heavy atom. The molecule has 0 spiro atoms. The first kappa shape index (κ1) is 16.5. The number of benzene rings is 1. The summed E-state index contributed by atoms with van der Waals surface area (Å²) < 4.78 is 5.76. The average Bonchev–Trinajstić information content (AvgIpc) is 2.98. The van der Waals surface area contributed by atoms with E-state index in [0.717, 1.165) is 18.6 Å². The van der Waals surface area contributed by atoms with Crippen LogP contribution >= 0.6 is 0 Å². The number of hydrogen-bond acceptors (Lipinski definition) is 3. The lowest BCUT2D eigenvalue weighted by molar-refractivity contribution is -0.152. The fourth-order valence-corrected chi connectivity index (χ4v) is 4.06. The molecule has 2 fully saturated rings. The molecule has 1 saturated heterocycles. The lowest BCUT2D eigenvalue weighted by Crippen LogP contribution is -2.68. The predicted molar refractivity (Wildman–Crippen MR) is 88.9 cm³/mol. The van der Waals surface area contributed by atoms with E-state index >= 15 is 0 Å². The van der Waals surface area contributed by atoms with Gasteiger partial charge in [-0.3, -0.25) is 4.79 Å². The highest BCUT2D eigenvalue weighted by molar-refractivity contribution is 5.85. The topological polar surface area (TPSA) is 58.6 Å². The Balaban J connectivity index is 1.58. The third kappa shape index (κ3) is 3.02. The summed E-state index contributed by atoms with van der Waals surface area (Å²) in [6, 6.07) is 10.0. The number of hydrogen-bond donors (Lipinski definition) is 2. The van der Waals surface area contributed by atoms with E-state index in [4.69, 9.17) is 4.74 Å². The van der Waals surface area contributed by atoms with Gasteiger partial charge in [-0.1, -0.05) is 44.2 Å². The number of carbonyl (C=O) groups excluding carboxylic acids is 1. The van der Waals surface area contributed by atoms with Gasteiger partial charge in [-0.15, -0.1) is 0 Å². The summed E-state index contributed by atoms with van der Waals surface area (Å²) in [5, 5.41) is 13.7. The van der Waals surface area contributed by atoms with E-state index in [1.807, 2.05) is 30.3 Å². The zero-order valence-corrected chi connectivity index (χ0v) is 14.2. The van der Waals surface area contributed by atoms with E-state index in [9.17, 15) is 9.90 Å². The van der Waals surface area contributed by atoms with Crippen LogP contribution in [0.25, 0.3) is 0 Å². The second-order valence-corrected chi connectivity index (χ2v) is 7.78. The van der Waals surface area contributed by atoms with Gasteiger partial charge < -0.3 is 15.2 Å². The van der Waals surface area contributed by atoms with Crippen molar-refractivity contribution in [2.24, 2.45) is 11.3 Å². The molecule has 126 valence electrons. The molecule has 2 N–H and O–H groups in total. The van der Waals surface area contributed by atoms with Gasteiger partial charge in [-0.25, -0.2) is 0 Å². The number of aryl methyl sites for hydroxylation is 1. The van der Waals surface area contributed by atoms with Crippen molar-refractivity contribution in [1.29, 1.82) is 0 Å². The van der Waals surface area contributed by atoms with Crippen molar-refractivity contribution in [1.82, 2.24) is 5.32 Å². The van der Waals surface area contributed by atoms with E-state index in [2.05, 4.69) is 19.2 Å². The summed E-state index contributed by atoms with van der Waals surface area (Å²) in [7, 11) is 0. The van der Waals surface area contributed by atoms with Gasteiger partial charge in [0.05, 0.1) is 6.10 Å². The van der Waals surface area contributed by atoms with Gasteiger partial charge in [0.1, 0.15) is 5.60 Å². The smallest absolute Gasteiger partial charge is 0.251 e. The Labute approximate surface area is 138 Å². The van der Waals surface area contributed by atoms with Crippen LogP contribution in [0.4, 0.5) is 0 Å². The van der Waals surface area contributed by atoms with Gasteiger partial charge in [0, 0.05) is 24.0 Å². The zero-order chi connectivity index (χ0) is 16.7. The molecule has 1 amide bonds. The molecule has 0 aromatic heterocycles. The third-order valence-electron chi connectivity index (χ3n) is 5.62. The lowest BCUT2D eigenvalue weighted by Gasteiger charge is -2.55. The highest BCUT2D eigenvalue weighted by atomic mass is 16.5. The summed E-state index contributed by atoms with van der Waals surface area (Å²) in [4.78, 5) is 12.6. The molecule has 3 rings (SSSR count). The van der Waals surface area contributed by atoms with Gasteiger partial charge in [0.2, 0.25) is 0 Å². The number of fused-ring (bicyclic) bond motifs is 1. The fraction of sp³-hybridized carbons (Fsp3) is 0.632. The number of amides is 1. The zero-order valence-electron chi connectivity index (χ0n) is 14.2. The Kier molecular flexibility index (Phi) is 4.23. The van der Waals surface area contributed by atoms with Crippen LogP contribution in [0.1, 0.15) is 39.2 Å². The van der Waals surface area contributed by atoms with Crippen LogP contribution in [0.2, 0.25) is 0 Å². The van der Waals surface area contributed by atoms with Crippen LogP contribution in [0.15, 0.2) is 30.3 Å². The Hall–Kier alpha value is -1.39. The quantitative estimate of drug-likeness (QED) is 0.876. The summed E-state index contributed by atoms with van der Waals surface area (Å²) in [6.45, 7) is 6.64. The van der Waals surface area contributed by atoms with Crippen LogP contribution in [-0.2, 0) is 16.0 Å². The van der Waals surface area contributed by atoms with Crippen LogP contribution in [0.3, 0.4) is 0 Å². The molecule has 4 nitrogen and oxygen atoms in total. The van der Waals surface area contributed by atoms with Crippen molar-refractivity contribution in [2.75, 3.05) is 6.61 Å². The van der Waals surface area contributed by atoms with Crippen LogP contribution in [0, 0.1) is 11.3 Å². The van der Waals surface area contributed by atoms with Gasteiger partial charge in [-0.05, 0) is 31.7 Å². The SMILES string of the molecule is CC1(C)[C@H](NC(=O)[C@@](C)(O)CCc2ccccc2)[C@@H]2CCO[C@@H]21. The first-order chi connectivity index (χ1) is 10.8.